The van der Waals surface area contributed by atoms with Gasteiger partial charge in [0.15, 0.2) is 0 Å². The summed E-state index contributed by atoms with van der Waals surface area (Å²) in [5.74, 6) is -0.479. The summed E-state index contributed by atoms with van der Waals surface area (Å²) in [4.78, 5) is 12.6. The lowest BCUT2D eigenvalue weighted by atomic mass is 9.99. The molecular weight excluding hydrogens is 281 g/mol. The molecule has 1 amide bonds. The maximum absolute atomic E-state index is 12.3. The van der Waals surface area contributed by atoms with Crippen LogP contribution in [-0.2, 0) is 4.79 Å². The fourth-order valence-corrected chi connectivity index (χ4v) is 2.30. The first-order valence-corrected chi connectivity index (χ1v) is 6.04. The van der Waals surface area contributed by atoms with Crippen LogP contribution in [0.5, 0.6) is 0 Å². The summed E-state index contributed by atoms with van der Waals surface area (Å²) in [6.45, 7) is 2.07. The van der Waals surface area contributed by atoms with Crippen molar-refractivity contribution in [3.05, 3.63) is 12.7 Å². The van der Waals surface area contributed by atoms with Gasteiger partial charge in [-0.3, -0.25) is 4.79 Å². The topological polar surface area (TPSA) is 46.3 Å². The van der Waals surface area contributed by atoms with Crippen molar-refractivity contribution in [1.82, 2.24) is 4.90 Å². The average Bonchev–Trinajstić information content (AvgIpc) is 2.62. The van der Waals surface area contributed by atoms with Crippen LogP contribution in [0, 0.1) is 5.92 Å². The molecule has 1 rings (SSSR count). The summed E-state index contributed by atoms with van der Waals surface area (Å²) in [6.07, 6.45) is -0.362. The van der Waals surface area contributed by atoms with Crippen LogP contribution in [0.15, 0.2) is 12.7 Å². The number of hydrogen-bond donors (Lipinski definition) is 1. The minimum Gasteiger partial charge on any atom is -0.330 e. The maximum atomic E-state index is 12.3. The number of nitrogens with zero attached hydrogens (tertiary/aromatic N) is 1. The number of alkyl halides is 3. The largest absolute Gasteiger partial charge is 0.406 e. The van der Waals surface area contributed by atoms with Crippen LogP contribution in [0.4, 0.5) is 13.2 Å². The van der Waals surface area contributed by atoms with Crippen molar-refractivity contribution in [3.8, 4) is 0 Å². The van der Waals surface area contributed by atoms with E-state index < -0.39 is 18.6 Å². The summed E-state index contributed by atoms with van der Waals surface area (Å²) in [7, 11) is 0. The molecule has 19 heavy (non-hydrogen) atoms. The Morgan fingerprint density at radius 2 is 2.05 bits per heavy atom. The van der Waals surface area contributed by atoms with Gasteiger partial charge in [-0.05, 0) is 18.8 Å². The summed E-state index contributed by atoms with van der Waals surface area (Å²) < 4.78 is 37.0. The Hall–Kier alpha value is -0.750. The summed E-state index contributed by atoms with van der Waals surface area (Å²) in [5, 5.41) is 0. The molecule has 0 unspecified atom stereocenters. The van der Waals surface area contributed by atoms with Crippen LogP contribution >= 0.6 is 12.4 Å². The standard InChI is InChI=1S/C12H19F3N2O.ClH/c1-2-6-17(8-12(13,14)15)11(18)7-9-4-3-5-10(9)16;/h2,9-10H,1,3-8,16H2;1H/t9-,10+;/m0./s1. The molecule has 1 aliphatic carbocycles. The number of hydrogen-bond acceptors (Lipinski definition) is 2. The van der Waals surface area contributed by atoms with E-state index in [0.717, 1.165) is 24.2 Å². The number of nitrogens with two attached hydrogens (primary N) is 1. The van der Waals surface area contributed by atoms with Gasteiger partial charge >= 0.3 is 6.18 Å². The molecule has 1 fully saturated rings. The van der Waals surface area contributed by atoms with Crippen molar-refractivity contribution >= 4 is 18.3 Å². The van der Waals surface area contributed by atoms with Crippen LogP contribution in [0.1, 0.15) is 25.7 Å². The zero-order valence-corrected chi connectivity index (χ0v) is 11.5. The number of halogens is 4. The van der Waals surface area contributed by atoms with Gasteiger partial charge in [-0.1, -0.05) is 12.5 Å². The van der Waals surface area contributed by atoms with Crippen molar-refractivity contribution in [2.24, 2.45) is 11.7 Å². The number of amides is 1. The van der Waals surface area contributed by atoms with Gasteiger partial charge in [0, 0.05) is 19.0 Å². The molecule has 0 spiro atoms. The molecule has 0 aromatic carbocycles. The van der Waals surface area contributed by atoms with E-state index in [4.69, 9.17) is 5.73 Å². The van der Waals surface area contributed by atoms with E-state index in [0.29, 0.717) is 0 Å². The van der Waals surface area contributed by atoms with Crippen molar-refractivity contribution in [2.45, 2.75) is 37.9 Å². The highest BCUT2D eigenvalue weighted by Gasteiger charge is 2.34. The molecule has 0 aromatic rings. The first-order valence-electron chi connectivity index (χ1n) is 6.04. The van der Waals surface area contributed by atoms with Gasteiger partial charge < -0.3 is 10.6 Å². The van der Waals surface area contributed by atoms with Crippen LogP contribution in [-0.4, -0.2) is 36.1 Å². The quantitative estimate of drug-likeness (QED) is 0.793. The molecule has 2 atom stereocenters. The molecule has 0 bridgehead atoms. The molecular formula is C12H20ClF3N2O. The Morgan fingerprint density at radius 1 is 1.42 bits per heavy atom. The number of carbonyl (C=O) groups is 1. The third-order valence-electron chi connectivity index (χ3n) is 3.23. The van der Waals surface area contributed by atoms with Gasteiger partial charge in [0.25, 0.3) is 0 Å². The zero-order valence-electron chi connectivity index (χ0n) is 10.7. The van der Waals surface area contributed by atoms with Gasteiger partial charge in [0.05, 0.1) is 0 Å². The molecule has 1 saturated carbocycles. The highest BCUT2D eigenvalue weighted by molar-refractivity contribution is 5.85. The molecule has 0 saturated heterocycles. The Bertz CT molecular complexity index is 310. The number of carbonyl (C=O) groups excluding carboxylic acids is 1. The summed E-state index contributed by atoms with van der Waals surface area (Å²) >= 11 is 0. The van der Waals surface area contributed by atoms with Gasteiger partial charge in [-0.2, -0.15) is 13.2 Å². The van der Waals surface area contributed by atoms with E-state index in [-0.39, 0.29) is 37.3 Å². The van der Waals surface area contributed by atoms with Crippen molar-refractivity contribution in [1.29, 1.82) is 0 Å². The van der Waals surface area contributed by atoms with E-state index in [1.807, 2.05) is 0 Å². The molecule has 0 aliphatic heterocycles. The molecule has 0 aromatic heterocycles. The smallest absolute Gasteiger partial charge is 0.330 e. The van der Waals surface area contributed by atoms with E-state index in [2.05, 4.69) is 6.58 Å². The Balaban J connectivity index is 0.00000324. The Labute approximate surface area is 117 Å². The molecule has 7 heteroatoms. The monoisotopic (exact) mass is 300 g/mol. The van der Waals surface area contributed by atoms with Crippen LogP contribution < -0.4 is 5.73 Å². The van der Waals surface area contributed by atoms with Gasteiger partial charge in [0.2, 0.25) is 5.91 Å². The van der Waals surface area contributed by atoms with Crippen LogP contribution in [0.3, 0.4) is 0 Å². The molecule has 2 N–H and O–H groups in total. The second kappa shape index (κ2) is 7.75. The average molecular weight is 301 g/mol. The molecule has 0 radical (unpaired) electrons. The van der Waals surface area contributed by atoms with E-state index in [1.54, 1.807) is 0 Å². The summed E-state index contributed by atoms with van der Waals surface area (Å²) in [5.41, 5.74) is 5.82. The maximum Gasteiger partial charge on any atom is 0.406 e. The van der Waals surface area contributed by atoms with Crippen molar-refractivity contribution in [2.75, 3.05) is 13.1 Å². The second-order valence-corrected chi connectivity index (χ2v) is 4.74. The minimum absolute atomic E-state index is 0. The highest BCUT2D eigenvalue weighted by Crippen LogP contribution is 2.28. The predicted octanol–water partition coefficient (Wildman–Crippen LogP) is 2.50. The normalized spacial score (nSPS) is 22.7. The lowest BCUT2D eigenvalue weighted by molar-refractivity contribution is -0.160. The third-order valence-corrected chi connectivity index (χ3v) is 3.23. The van der Waals surface area contributed by atoms with E-state index in [1.165, 1.54) is 6.08 Å². The van der Waals surface area contributed by atoms with E-state index >= 15 is 0 Å². The third kappa shape index (κ3) is 6.29. The van der Waals surface area contributed by atoms with Gasteiger partial charge in [0.1, 0.15) is 6.54 Å². The zero-order chi connectivity index (χ0) is 13.8. The first kappa shape index (κ1) is 18.2. The Morgan fingerprint density at radius 3 is 2.47 bits per heavy atom. The lowest BCUT2D eigenvalue weighted by Gasteiger charge is -2.25. The minimum atomic E-state index is -4.38. The fourth-order valence-electron chi connectivity index (χ4n) is 2.30. The van der Waals surface area contributed by atoms with Crippen LogP contribution in [0.2, 0.25) is 0 Å². The second-order valence-electron chi connectivity index (χ2n) is 4.74. The van der Waals surface area contributed by atoms with Crippen molar-refractivity contribution < 1.29 is 18.0 Å². The van der Waals surface area contributed by atoms with Gasteiger partial charge in [-0.25, -0.2) is 0 Å². The molecule has 0 heterocycles. The molecule has 1 aliphatic rings. The highest BCUT2D eigenvalue weighted by atomic mass is 35.5. The van der Waals surface area contributed by atoms with E-state index in [9.17, 15) is 18.0 Å². The van der Waals surface area contributed by atoms with Crippen LogP contribution in [0.25, 0.3) is 0 Å². The molecule has 3 nitrogen and oxygen atoms in total. The summed E-state index contributed by atoms with van der Waals surface area (Å²) in [6, 6.07) is -0.0644. The fraction of sp³-hybridized carbons (Fsp3) is 0.750. The SMILES string of the molecule is C=CCN(CC(F)(F)F)C(=O)C[C@@H]1CCC[C@H]1N.Cl. The Kier molecular flexibility index (Phi) is 7.44. The first-order chi connectivity index (χ1) is 8.33. The van der Waals surface area contributed by atoms with Crippen molar-refractivity contribution in [3.63, 3.8) is 0 Å². The predicted molar refractivity (Wildman–Crippen MR) is 70.0 cm³/mol. The van der Waals surface area contributed by atoms with Gasteiger partial charge in [-0.15, -0.1) is 19.0 Å². The molecule has 112 valence electrons. The number of rotatable bonds is 5. The lowest BCUT2D eigenvalue weighted by Crippen LogP contribution is -2.41.